The summed E-state index contributed by atoms with van der Waals surface area (Å²) in [5, 5.41) is 9.22. The van der Waals surface area contributed by atoms with Gasteiger partial charge in [-0.15, -0.1) is 0 Å². The average molecular weight is 473 g/mol. The number of anilines is 2. The van der Waals surface area contributed by atoms with Crippen molar-refractivity contribution in [2.24, 2.45) is 0 Å². The SMILES string of the molecule is Cc1cc(C)c(NC(=O)c2ccc3nc(NC(=O)NCC(C)c4ccccc4)sc3c2)c(C)c1. The Hall–Kier alpha value is -3.71. The number of nitrogens with one attached hydrogen (secondary N) is 3. The molecule has 0 radical (unpaired) electrons. The molecule has 0 saturated carbocycles. The monoisotopic (exact) mass is 472 g/mol. The van der Waals surface area contributed by atoms with Crippen LogP contribution in [0.3, 0.4) is 0 Å². The Morgan fingerprint density at radius 1 is 0.941 bits per heavy atom. The normalized spacial score (nSPS) is 11.8. The molecule has 0 aliphatic heterocycles. The Bertz CT molecular complexity index is 1320. The lowest BCUT2D eigenvalue weighted by Crippen LogP contribution is -2.31. The summed E-state index contributed by atoms with van der Waals surface area (Å²) in [6, 6.07) is 19.2. The van der Waals surface area contributed by atoms with Gasteiger partial charge in [0.2, 0.25) is 0 Å². The highest BCUT2D eigenvalue weighted by Crippen LogP contribution is 2.28. The summed E-state index contributed by atoms with van der Waals surface area (Å²) >= 11 is 1.34. The van der Waals surface area contributed by atoms with Gasteiger partial charge in [-0.2, -0.15) is 0 Å². The first kappa shape index (κ1) is 23.4. The first-order valence-corrected chi connectivity index (χ1v) is 12.0. The van der Waals surface area contributed by atoms with E-state index in [4.69, 9.17) is 0 Å². The Labute approximate surface area is 203 Å². The molecular weight excluding hydrogens is 444 g/mol. The predicted octanol–water partition coefficient (Wildman–Crippen LogP) is 6.40. The maximum Gasteiger partial charge on any atom is 0.321 e. The number of aryl methyl sites for hydroxylation is 3. The van der Waals surface area contributed by atoms with Gasteiger partial charge in [0.05, 0.1) is 10.2 Å². The number of carbonyl (C=O) groups excluding carboxylic acids is 2. The number of carbonyl (C=O) groups is 2. The summed E-state index contributed by atoms with van der Waals surface area (Å²) in [5.74, 6) is 0.0247. The highest BCUT2D eigenvalue weighted by Gasteiger charge is 2.14. The fraction of sp³-hybridized carbons (Fsp3) is 0.222. The summed E-state index contributed by atoms with van der Waals surface area (Å²) in [4.78, 5) is 29.7. The van der Waals surface area contributed by atoms with Crippen molar-refractivity contribution in [3.05, 3.63) is 88.5 Å². The van der Waals surface area contributed by atoms with Crippen molar-refractivity contribution in [2.45, 2.75) is 33.6 Å². The molecule has 4 rings (SSSR count). The molecule has 7 heteroatoms. The van der Waals surface area contributed by atoms with Crippen LogP contribution in [0.2, 0.25) is 0 Å². The van der Waals surface area contributed by atoms with Crippen molar-refractivity contribution >= 4 is 44.3 Å². The first-order valence-electron chi connectivity index (χ1n) is 11.2. The minimum absolute atomic E-state index is 0.174. The molecule has 0 aliphatic rings. The maximum absolute atomic E-state index is 12.9. The number of nitrogens with zero attached hydrogens (tertiary/aromatic N) is 1. The zero-order valence-electron chi connectivity index (χ0n) is 19.7. The Balaban J connectivity index is 1.41. The van der Waals surface area contributed by atoms with Gasteiger partial charge < -0.3 is 10.6 Å². The molecule has 1 heterocycles. The van der Waals surface area contributed by atoms with Crippen LogP contribution >= 0.6 is 11.3 Å². The van der Waals surface area contributed by atoms with Crippen LogP contribution in [0.25, 0.3) is 10.2 Å². The summed E-state index contributed by atoms with van der Waals surface area (Å²) in [7, 11) is 0. The zero-order valence-corrected chi connectivity index (χ0v) is 20.5. The largest absolute Gasteiger partial charge is 0.337 e. The van der Waals surface area contributed by atoms with E-state index in [0.717, 1.165) is 32.6 Å². The van der Waals surface area contributed by atoms with Crippen LogP contribution in [0.1, 0.15) is 45.5 Å². The fourth-order valence-electron chi connectivity index (χ4n) is 3.97. The number of hydrogen-bond acceptors (Lipinski definition) is 4. The van der Waals surface area contributed by atoms with Crippen LogP contribution in [0, 0.1) is 20.8 Å². The molecule has 1 aromatic heterocycles. The molecule has 34 heavy (non-hydrogen) atoms. The Kier molecular flexibility index (Phi) is 6.93. The molecule has 0 bridgehead atoms. The molecule has 3 N–H and O–H groups in total. The lowest BCUT2D eigenvalue weighted by molar-refractivity contribution is 0.102. The predicted molar refractivity (Wildman–Crippen MR) is 140 cm³/mol. The number of aromatic nitrogens is 1. The summed E-state index contributed by atoms with van der Waals surface area (Å²) in [6.45, 7) is 8.61. The van der Waals surface area contributed by atoms with Crippen molar-refractivity contribution in [1.82, 2.24) is 10.3 Å². The molecule has 3 amide bonds. The molecule has 6 nitrogen and oxygen atoms in total. The van der Waals surface area contributed by atoms with Crippen LogP contribution < -0.4 is 16.0 Å². The van der Waals surface area contributed by atoms with Crippen LogP contribution in [-0.4, -0.2) is 23.5 Å². The number of fused-ring (bicyclic) bond motifs is 1. The molecule has 1 atom stereocenters. The van der Waals surface area contributed by atoms with E-state index in [1.54, 1.807) is 12.1 Å². The number of thiazole rings is 1. The van der Waals surface area contributed by atoms with E-state index in [1.165, 1.54) is 16.9 Å². The lowest BCUT2D eigenvalue weighted by Gasteiger charge is -2.13. The number of benzene rings is 3. The van der Waals surface area contributed by atoms with Crippen molar-refractivity contribution in [3.8, 4) is 0 Å². The molecule has 1 unspecified atom stereocenters. The molecule has 4 aromatic rings. The van der Waals surface area contributed by atoms with Crippen LogP contribution in [0.4, 0.5) is 15.6 Å². The zero-order chi connectivity index (χ0) is 24.2. The third-order valence-corrected chi connectivity index (χ3v) is 6.66. The van der Waals surface area contributed by atoms with E-state index in [0.29, 0.717) is 17.2 Å². The smallest absolute Gasteiger partial charge is 0.321 e. The molecule has 0 fully saturated rings. The van der Waals surface area contributed by atoms with Crippen molar-refractivity contribution in [3.63, 3.8) is 0 Å². The highest BCUT2D eigenvalue weighted by molar-refractivity contribution is 7.22. The molecule has 0 spiro atoms. The van der Waals surface area contributed by atoms with Crippen LogP contribution in [0.15, 0.2) is 60.7 Å². The number of urea groups is 1. The molecule has 174 valence electrons. The number of hydrogen-bond donors (Lipinski definition) is 3. The van der Waals surface area contributed by atoms with Gasteiger partial charge in [0.25, 0.3) is 5.91 Å². The minimum atomic E-state index is -0.301. The third-order valence-electron chi connectivity index (χ3n) is 5.72. The van der Waals surface area contributed by atoms with E-state index in [9.17, 15) is 9.59 Å². The molecule has 0 aliphatic carbocycles. The standard InChI is InChI=1S/C27H28N4O2S/c1-16-12-17(2)24(18(3)13-16)30-25(32)21-10-11-22-23(14-21)34-27(29-22)31-26(33)28-15-19(4)20-8-6-5-7-9-20/h5-14,19H,15H2,1-4H3,(H,30,32)(H2,28,29,31,33). The van der Waals surface area contributed by atoms with Crippen molar-refractivity contribution < 1.29 is 9.59 Å². The van der Waals surface area contributed by atoms with Crippen molar-refractivity contribution in [1.29, 1.82) is 0 Å². The van der Waals surface area contributed by atoms with Crippen molar-refractivity contribution in [2.75, 3.05) is 17.2 Å². The molecular formula is C27H28N4O2S. The summed E-state index contributed by atoms with van der Waals surface area (Å²) in [6.07, 6.45) is 0. The average Bonchev–Trinajstić information content (AvgIpc) is 3.21. The third kappa shape index (κ3) is 5.43. The minimum Gasteiger partial charge on any atom is -0.337 e. The van der Waals surface area contributed by atoms with E-state index < -0.39 is 0 Å². The van der Waals surface area contributed by atoms with Gasteiger partial charge in [-0.25, -0.2) is 9.78 Å². The quantitative estimate of drug-likeness (QED) is 0.304. The van der Waals surface area contributed by atoms with Gasteiger partial charge in [-0.3, -0.25) is 10.1 Å². The van der Waals surface area contributed by atoms with E-state index in [2.05, 4.69) is 40.0 Å². The molecule has 3 aromatic carbocycles. The second-order valence-corrected chi connectivity index (χ2v) is 9.61. The van der Waals surface area contributed by atoms with Gasteiger partial charge in [-0.05, 0) is 61.6 Å². The summed E-state index contributed by atoms with van der Waals surface area (Å²) in [5.41, 5.74) is 6.51. The lowest BCUT2D eigenvalue weighted by atomic mass is 10.0. The van der Waals surface area contributed by atoms with E-state index in [-0.39, 0.29) is 17.9 Å². The highest BCUT2D eigenvalue weighted by atomic mass is 32.1. The van der Waals surface area contributed by atoms with Gasteiger partial charge in [0.1, 0.15) is 0 Å². The second-order valence-electron chi connectivity index (χ2n) is 8.58. The Morgan fingerprint density at radius 2 is 1.65 bits per heavy atom. The Morgan fingerprint density at radius 3 is 2.35 bits per heavy atom. The second kappa shape index (κ2) is 10.1. The molecule has 0 saturated heterocycles. The number of amides is 3. The van der Waals surface area contributed by atoms with Crippen LogP contribution in [-0.2, 0) is 0 Å². The van der Waals surface area contributed by atoms with Gasteiger partial charge in [0, 0.05) is 17.8 Å². The van der Waals surface area contributed by atoms with Gasteiger partial charge in [0.15, 0.2) is 5.13 Å². The summed E-state index contributed by atoms with van der Waals surface area (Å²) < 4.78 is 0.831. The first-order chi connectivity index (χ1) is 16.3. The van der Waals surface area contributed by atoms with E-state index in [1.807, 2.05) is 57.2 Å². The van der Waals surface area contributed by atoms with E-state index >= 15 is 0 Å². The fourth-order valence-corrected chi connectivity index (χ4v) is 4.87. The number of rotatable bonds is 6. The topological polar surface area (TPSA) is 83.1 Å². The maximum atomic E-state index is 12.9. The van der Waals surface area contributed by atoms with Crippen LogP contribution in [0.5, 0.6) is 0 Å². The van der Waals surface area contributed by atoms with Gasteiger partial charge in [-0.1, -0.05) is 66.3 Å². The van der Waals surface area contributed by atoms with Gasteiger partial charge >= 0.3 is 6.03 Å².